The minimum atomic E-state index is -0.324. The highest BCUT2D eigenvalue weighted by Gasteiger charge is 2.38. The molecule has 0 aromatic heterocycles. The number of aliphatic hydroxyl groups is 1. The van der Waals surface area contributed by atoms with Crippen LogP contribution in [0.5, 0.6) is 0 Å². The molecule has 19 heavy (non-hydrogen) atoms. The first-order chi connectivity index (χ1) is 9.26. The zero-order valence-electron chi connectivity index (χ0n) is 11.9. The molecule has 2 nitrogen and oxygen atoms in total. The lowest BCUT2D eigenvalue weighted by molar-refractivity contribution is 0.0946. The molecule has 3 unspecified atom stereocenters. The Balaban J connectivity index is 1.59. The molecule has 2 bridgehead atoms. The summed E-state index contributed by atoms with van der Waals surface area (Å²) in [5, 5.41) is 10.4. The molecular formula is C17H25NO. The molecule has 2 heteroatoms. The smallest absolute Gasteiger partial charge is 0.0917 e. The standard InChI is InChI=1S/C17H25NO/c1-2-3-13-4-7-15(8-5-13)17(19)12-18-11-14-6-9-16(18)10-14/h4-5,7-8,14,16-17,19H,2-3,6,9-12H2,1H3. The van der Waals surface area contributed by atoms with E-state index < -0.39 is 0 Å². The van der Waals surface area contributed by atoms with Crippen LogP contribution >= 0.6 is 0 Å². The van der Waals surface area contributed by atoms with Gasteiger partial charge in [0.25, 0.3) is 0 Å². The van der Waals surface area contributed by atoms with Gasteiger partial charge in [-0.15, -0.1) is 0 Å². The van der Waals surface area contributed by atoms with Gasteiger partial charge < -0.3 is 5.11 Å². The van der Waals surface area contributed by atoms with E-state index in [2.05, 4.69) is 36.1 Å². The van der Waals surface area contributed by atoms with Gasteiger partial charge in [0, 0.05) is 19.1 Å². The monoisotopic (exact) mass is 259 g/mol. The normalized spacial score (nSPS) is 27.9. The van der Waals surface area contributed by atoms with Crippen molar-refractivity contribution in [3.63, 3.8) is 0 Å². The van der Waals surface area contributed by atoms with Gasteiger partial charge in [0.1, 0.15) is 0 Å². The van der Waals surface area contributed by atoms with E-state index in [1.54, 1.807) is 0 Å². The van der Waals surface area contributed by atoms with E-state index in [0.717, 1.165) is 30.5 Å². The minimum absolute atomic E-state index is 0.324. The zero-order chi connectivity index (χ0) is 13.2. The number of hydrogen-bond acceptors (Lipinski definition) is 2. The number of rotatable bonds is 5. The third-order valence-electron chi connectivity index (χ3n) is 4.83. The number of nitrogens with zero attached hydrogens (tertiary/aromatic N) is 1. The number of β-amino-alcohol motifs (C(OH)–C–C–N with tert-alkyl or cyclic N) is 1. The fourth-order valence-electron chi connectivity index (χ4n) is 3.77. The topological polar surface area (TPSA) is 23.5 Å². The molecule has 1 aromatic carbocycles. The number of benzene rings is 1. The molecule has 1 aromatic rings. The van der Waals surface area contributed by atoms with Crippen molar-refractivity contribution in [3.8, 4) is 0 Å². The van der Waals surface area contributed by atoms with Crippen molar-refractivity contribution in [1.82, 2.24) is 4.90 Å². The SMILES string of the molecule is CCCc1ccc(C(O)CN2CC3CCC2C3)cc1. The minimum Gasteiger partial charge on any atom is -0.387 e. The van der Waals surface area contributed by atoms with Gasteiger partial charge in [0.05, 0.1) is 6.10 Å². The fraction of sp³-hybridized carbons (Fsp3) is 0.647. The van der Waals surface area contributed by atoms with E-state index in [0.29, 0.717) is 0 Å². The number of aliphatic hydroxyl groups excluding tert-OH is 1. The second-order valence-electron chi connectivity index (χ2n) is 6.29. The van der Waals surface area contributed by atoms with Crippen molar-refractivity contribution in [2.75, 3.05) is 13.1 Å². The van der Waals surface area contributed by atoms with Crippen molar-refractivity contribution in [2.45, 2.75) is 51.2 Å². The Morgan fingerprint density at radius 3 is 2.63 bits per heavy atom. The molecule has 1 aliphatic carbocycles. The summed E-state index contributed by atoms with van der Waals surface area (Å²) < 4.78 is 0. The van der Waals surface area contributed by atoms with Crippen LogP contribution in [0.1, 0.15) is 49.8 Å². The van der Waals surface area contributed by atoms with Gasteiger partial charge in [0.2, 0.25) is 0 Å². The molecule has 104 valence electrons. The number of hydrogen-bond donors (Lipinski definition) is 1. The van der Waals surface area contributed by atoms with Crippen molar-refractivity contribution in [1.29, 1.82) is 0 Å². The van der Waals surface area contributed by atoms with Crippen LogP contribution in [0.15, 0.2) is 24.3 Å². The van der Waals surface area contributed by atoms with Crippen LogP contribution in [0, 0.1) is 5.92 Å². The molecule has 3 atom stereocenters. The van der Waals surface area contributed by atoms with Gasteiger partial charge in [0.15, 0.2) is 0 Å². The highest BCUT2D eigenvalue weighted by molar-refractivity contribution is 5.24. The Morgan fingerprint density at radius 2 is 2.05 bits per heavy atom. The Kier molecular flexibility index (Phi) is 3.90. The predicted molar refractivity (Wildman–Crippen MR) is 78.1 cm³/mol. The van der Waals surface area contributed by atoms with Crippen LogP contribution in [0.25, 0.3) is 0 Å². The maximum absolute atomic E-state index is 10.4. The quantitative estimate of drug-likeness (QED) is 0.878. The van der Waals surface area contributed by atoms with E-state index in [9.17, 15) is 5.11 Å². The second-order valence-corrected chi connectivity index (χ2v) is 6.29. The lowest BCUT2D eigenvalue weighted by Gasteiger charge is -2.29. The first-order valence-corrected chi connectivity index (χ1v) is 7.77. The maximum Gasteiger partial charge on any atom is 0.0917 e. The molecule has 2 aliphatic rings. The second kappa shape index (κ2) is 5.64. The van der Waals surface area contributed by atoms with E-state index in [1.165, 1.54) is 37.8 Å². The van der Waals surface area contributed by atoms with Crippen LogP contribution in [0.2, 0.25) is 0 Å². The molecule has 1 saturated heterocycles. The number of aryl methyl sites for hydroxylation is 1. The molecule has 2 fully saturated rings. The third-order valence-corrected chi connectivity index (χ3v) is 4.83. The van der Waals surface area contributed by atoms with Gasteiger partial charge in [-0.05, 0) is 42.7 Å². The molecule has 1 N–H and O–H groups in total. The molecule has 1 aliphatic heterocycles. The van der Waals surface area contributed by atoms with Crippen molar-refractivity contribution >= 4 is 0 Å². The first-order valence-electron chi connectivity index (χ1n) is 7.77. The summed E-state index contributed by atoms with van der Waals surface area (Å²) in [5.41, 5.74) is 2.45. The molecule has 0 spiro atoms. The van der Waals surface area contributed by atoms with Crippen LogP contribution in [-0.2, 0) is 6.42 Å². The van der Waals surface area contributed by atoms with E-state index >= 15 is 0 Å². The molecule has 1 saturated carbocycles. The van der Waals surface area contributed by atoms with E-state index in [4.69, 9.17) is 0 Å². The van der Waals surface area contributed by atoms with Crippen molar-refractivity contribution in [3.05, 3.63) is 35.4 Å². The van der Waals surface area contributed by atoms with Crippen molar-refractivity contribution < 1.29 is 5.11 Å². The molecule has 0 amide bonds. The summed E-state index contributed by atoms with van der Waals surface area (Å²) in [7, 11) is 0. The summed E-state index contributed by atoms with van der Waals surface area (Å²) in [6.45, 7) is 4.22. The molecule has 3 rings (SSSR count). The number of piperidine rings is 1. The van der Waals surface area contributed by atoms with E-state index in [1.807, 2.05) is 0 Å². The Hall–Kier alpha value is -0.860. The lowest BCUT2D eigenvalue weighted by atomic mass is 10.0. The van der Waals surface area contributed by atoms with Gasteiger partial charge in [-0.25, -0.2) is 0 Å². The third kappa shape index (κ3) is 2.85. The van der Waals surface area contributed by atoms with Crippen LogP contribution in [0.4, 0.5) is 0 Å². The fourth-order valence-corrected chi connectivity index (χ4v) is 3.77. The van der Waals surface area contributed by atoms with Crippen molar-refractivity contribution in [2.24, 2.45) is 5.92 Å². The first kappa shape index (κ1) is 13.1. The Labute approximate surface area is 116 Å². The lowest BCUT2D eigenvalue weighted by Crippen LogP contribution is -2.35. The Morgan fingerprint density at radius 1 is 1.26 bits per heavy atom. The zero-order valence-corrected chi connectivity index (χ0v) is 11.9. The summed E-state index contributed by atoms with van der Waals surface area (Å²) in [6, 6.07) is 9.28. The molecule has 0 radical (unpaired) electrons. The van der Waals surface area contributed by atoms with Gasteiger partial charge >= 0.3 is 0 Å². The van der Waals surface area contributed by atoms with Gasteiger partial charge in [-0.1, -0.05) is 37.6 Å². The summed E-state index contributed by atoms with van der Waals surface area (Å²) >= 11 is 0. The largest absolute Gasteiger partial charge is 0.387 e. The molecule has 1 heterocycles. The number of likely N-dealkylation sites (tertiary alicyclic amines) is 1. The Bertz CT molecular complexity index is 414. The molecular weight excluding hydrogens is 234 g/mol. The average molecular weight is 259 g/mol. The van der Waals surface area contributed by atoms with E-state index in [-0.39, 0.29) is 6.10 Å². The van der Waals surface area contributed by atoms with Gasteiger partial charge in [-0.2, -0.15) is 0 Å². The summed E-state index contributed by atoms with van der Waals surface area (Å²) in [6.07, 6.45) is 6.10. The predicted octanol–water partition coefficient (Wildman–Crippen LogP) is 3.16. The summed E-state index contributed by atoms with van der Waals surface area (Å²) in [5.74, 6) is 0.907. The summed E-state index contributed by atoms with van der Waals surface area (Å²) in [4.78, 5) is 2.50. The van der Waals surface area contributed by atoms with Crippen LogP contribution < -0.4 is 0 Å². The average Bonchev–Trinajstić information content (AvgIpc) is 3.02. The van der Waals surface area contributed by atoms with Crippen LogP contribution in [0.3, 0.4) is 0 Å². The highest BCUT2D eigenvalue weighted by atomic mass is 16.3. The maximum atomic E-state index is 10.4. The van der Waals surface area contributed by atoms with Gasteiger partial charge in [-0.3, -0.25) is 4.90 Å². The highest BCUT2D eigenvalue weighted by Crippen LogP contribution is 2.38. The van der Waals surface area contributed by atoms with Crippen LogP contribution in [-0.4, -0.2) is 29.1 Å². The number of fused-ring (bicyclic) bond motifs is 2.